The maximum atomic E-state index is 10.5. The Kier molecular flexibility index (Phi) is 2.25. The number of carboxylic acids is 1. The summed E-state index contributed by atoms with van der Waals surface area (Å²) in [7, 11) is 0. The summed E-state index contributed by atoms with van der Waals surface area (Å²) >= 11 is 3.37. The van der Waals surface area contributed by atoms with Crippen LogP contribution in [0.2, 0.25) is 0 Å². The minimum absolute atomic E-state index is 0.0475. The monoisotopic (exact) mass is 254 g/mol. The second-order valence-electron chi connectivity index (χ2n) is 2.89. The third kappa shape index (κ3) is 1.63. The Morgan fingerprint density at radius 1 is 1.64 bits per heavy atom. The summed E-state index contributed by atoms with van der Waals surface area (Å²) in [5.74, 6) is -0.871. The second kappa shape index (κ2) is 3.42. The number of hydrogen-bond donors (Lipinski definition) is 1. The lowest BCUT2D eigenvalue weighted by molar-refractivity contribution is -0.136. The van der Waals surface area contributed by atoms with E-state index < -0.39 is 5.97 Å². The van der Waals surface area contributed by atoms with Crippen molar-refractivity contribution in [2.75, 3.05) is 0 Å². The highest BCUT2D eigenvalue weighted by Gasteiger charge is 2.07. The molecule has 2 aromatic rings. The SMILES string of the molecule is O=C(O)Cc1cc2c(Br)cccn2n1. The third-order valence-electron chi connectivity index (χ3n) is 1.83. The molecule has 0 saturated heterocycles. The molecule has 0 atom stereocenters. The Hall–Kier alpha value is -1.36. The molecule has 0 aliphatic rings. The van der Waals surface area contributed by atoms with Crippen LogP contribution in [0.1, 0.15) is 5.69 Å². The van der Waals surface area contributed by atoms with E-state index in [-0.39, 0.29) is 6.42 Å². The topological polar surface area (TPSA) is 54.6 Å². The van der Waals surface area contributed by atoms with Crippen LogP contribution in [0.3, 0.4) is 0 Å². The number of aliphatic carboxylic acids is 1. The summed E-state index contributed by atoms with van der Waals surface area (Å²) < 4.78 is 2.56. The lowest BCUT2D eigenvalue weighted by Gasteiger charge is -1.92. The Morgan fingerprint density at radius 3 is 3.07 bits per heavy atom. The highest BCUT2D eigenvalue weighted by atomic mass is 79.9. The molecule has 1 N–H and O–H groups in total. The first-order chi connectivity index (χ1) is 6.66. The standard InChI is InChI=1S/C9H7BrN2O2/c10-7-2-1-3-12-8(7)4-6(11-12)5-9(13)14/h1-4H,5H2,(H,13,14). The largest absolute Gasteiger partial charge is 0.481 e. The minimum atomic E-state index is -0.871. The summed E-state index contributed by atoms with van der Waals surface area (Å²) in [4.78, 5) is 10.5. The van der Waals surface area contributed by atoms with Crippen LogP contribution in [-0.2, 0) is 11.2 Å². The zero-order valence-corrected chi connectivity index (χ0v) is 8.73. The number of pyridine rings is 1. The van der Waals surface area contributed by atoms with Crippen molar-refractivity contribution in [1.82, 2.24) is 9.61 Å². The van der Waals surface area contributed by atoms with Gasteiger partial charge in [0.25, 0.3) is 0 Å². The second-order valence-corrected chi connectivity index (χ2v) is 3.75. The number of rotatable bonds is 2. The maximum absolute atomic E-state index is 10.5. The lowest BCUT2D eigenvalue weighted by Crippen LogP contribution is -2.00. The van der Waals surface area contributed by atoms with Crippen molar-refractivity contribution in [3.63, 3.8) is 0 Å². The molecule has 0 amide bonds. The van der Waals surface area contributed by atoms with E-state index in [1.165, 1.54) is 0 Å². The molecule has 0 saturated carbocycles. The number of halogens is 1. The molecule has 72 valence electrons. The zero-order valence-electron chi connectivity index (χ0n) is 7.14. The molecule has 0 radical (unpaired) electrons. The lowest BCUT2D eigenvalue weighted by atomic mass is 10.3. The molecule has 2 heterocycles. The molecule has 2 rings (SSSR count). The van der Waals surface area contributed by atoms with Crippen LogP contribution in [0.15, 0.2) is 28.9 Å². The van der Waals surface area contributed by atoms with Gasteiger partial charge in [-0.3, -0.25) is 4.79 Å². The van der Waals surface area contributed by atoms with Crippen molar-refractivity contribution in [1.29, 1.82) is 0 Å². The molecule has 0 aliphatic carbocycles. The molecule has 0 fully saturated rings. The summed E-state index contributed by atoms with van der Waals surface area (Å²) in [5, 5.41) is 12.7. The number of hydrogen-bond acceptors (Lipinski definition) is 2. The van der Waals surface area contributed by atoms with E-state index >= 15 is 0 Å². The van der Waals surface area contributed by atoms with Gasteiger partial charge in [-0.05, 0) is 34.1 Å². The predicted molar refractivity (Wildman–Crippen MR) is 54.2 cm³/mol. The average Bonchev–Trinajstić information content (AvgIpc) is 2.47. The highest BCUT2D eigenvalue weighted by Crippen LogP contribution is 2.18. The molecule has 14 heavy (non-hydrogen) atoms. The van der Waals surface area contributed by atoms with Crippen LogP contribution in [0.25, 0.3) is 5.52 Å². The first kappa shape index (κ1) is 9.21. The van der Waals surface area contributed by atoms with Gasteiger partial charge in [0.2, 0.25) is 0 Å². The van der Waals surface area contributed by atoms with Gasteiger partial charge >= 0.3 is 5.97 Å². The van der Waals surface area contributed by atoms with E-state index in [1.54, 1.807) is 16.8 Å². The van der Waals surface area contributed by atoms with Gasteiger partial charge in [-0.2, -0.15) is 5.10 Å². The molecule has 0 bridgehead atoms. The number of carbonyl (C=O) groups is 1. The predicted octanol–water partition coefficient (Wildman–Crippen LogP) is 1.72. The van der Waals surface area contributed by atoms with Gasteiger partial charge < -0.3 is 5.11 Å². The van der Waals surface area contributed by atoms with Gasteiger partial charge in [0.1, 0.15) is 0 Å². The highest BCUT2D eigenvalue weighted by molar-refractivity contribution is 9.10. The van der Waals surface area contributed by atoms with E-state index in [1.807, 2.05) is 12.1 Å². The summed E-state index contributed by atoms with van der Waals surface area (Å²) in [6, 6.07) is 5.49. The average molecular weight is 255 g/mol. The normalized spacial score (nSPS) is 10.6. The molecule has 4 nitrogen and oxygen atoms in total. The molecular weight excluding hydrogens is 248 g/mol. The van der Waals surface area contributed by atoms with Crippen molar-refractivity contribution in [3.05, 3.63) is 34.6 Å². The van der Waals surface area contributed by atoms with Crippen molar-refractivity contribution < 1.29 is 9.90 Å². The summed E-state index contributed by atoms with van der Waals surface area (Å²) in [6.45, 7) is 0. The van der Waals surface area contributed by atoms with E-state index in [9.17, 15) is 4.79 Å². The van der Waals surface area contributed by atoms with Gasteiger partial charge in [0.15, 0.2) is 0 Å². The molecule has 0 aromatic carbocycles. The third-order valence-corrected chi connectivity index (χ3v) is 2.50. The van der Waals surface area contributed by atoms with Crippen molar-refractivity contribution >= 4 is 27.4 Å². The van der Waals surface area contributed by atoms with Gasteiger partial charge in [-0.25, -0.2) is 4.52 Å². The number of carboxylic acid groups (broad SMARTS) is 1. The van der Waals surface area contributed by atoms with Gasteiger partial charge in [0.05, 0.1) is 17.6 Å². The summed E-state index contributed by atoms with van der Waals surface area (Å²) in [6.07, 6.45) is 1.74. The van der Waals surface area contributed by atoms with Crippen LogP contribution >= 0.6 is 15.9 Å². The Morgan fingerprint density at radius 2 is 2.43 bits per heavy atom. The van der Waals surface area contributed by atoms with Gasteiger partial charge in [0, 0.05) is 10.7 Å². The molecular formula is C9H7BrN2O2. The molecule has 2 aromatic heterocycles. The number of nitrogens with zero attached hydrogens (tertiary/aromatic N) is 2. The first-order valence-electron chi connectivity index (χ1n) is 4.01. The first-order valence-corrected chi connectivity index (χ1v) is 4.80. The maximum Gasteiger partial charge on any atom is 0.309 e. The quantitative estimate of drug-likeness (QED) is 0.888. The fourth-order valence-corrected chi connectivity index (χ4v) is 1.72. The Labute approximate surface area is 88.3 Å². The van der Waals surface area contributed by atoms with Crippen LogP contribution in [-0.4, -0.2) is 20.7 Å². The van der Waals surface area contributed by atoms with E-state index in [4.69, 9.17) is 5.11 Å². The molecule has 5 heteroatoms. The Bertz CT molecular complexity index is 493. The minimum Gasteiger partial charge on any atom is -0.481 e. The van der Waals surface area contributed by atoms with E-state index in [0.29, 0.717) is 5.69 Å². The zero-order chi connectivity index (χ0) is 10.1. The Balaban J connectivity index is 2.51. The van der Waals surface area contributed by atoms with Crippen molar-refractivity contribution in [2.24, 2.45) is 0 Å². The van der Waals surface area contributed by atoms with E-state index in [0.717, 1.165) is 9.99 Å². The van der Waals surface area contributed by atoms with Crippen LogP contribution in [0.4, 0.5) is 0 Å². The fraction of sp³-hybridized carbons (Fsp3) is 0.111. The van der Waals surface area contributed by atoms with Crippen molar-refractivity contribution in [3.8, 4) is 0 Å². The smallest absolute Gasteiger partial charge is 0.309 e. The summed E-state index contributed by atoms with van der Waals surface area (Å²) in [5.41, 5.74) is 1.44. The number of fused-ring (bicyclic) bond motifs is 1. The molecule has 0 aliphatic heterocycles. The van der Waals surface area contributed by atoms with Crippen LogP contribution < -0.4 is 0 Å². The van der Waals surface area contributed by atoms with Crippen LogP contribution in [0, 0.1) is 0 Å². The molecule has 0 spiro atoms. The van der Waals surface area contributed by atoms with Gasteiger partial charge in [-0.1, -0.05) is 0 Å². The molecule has 0 unspecified atom stereocenters. The van der Waals surface area contributed by atoms with Crippen LogP contribution in [0.5, 0.6) is 0 Å². The van der Waals surface area contributed by atoms with Gasteiger partial charge in [-0.15, -0.1) is 0 Å². The van der Waals surface area contributed by atoms with Crippen molar-refractivity contribution in [2.45, 2.75) is 6.42 Å². The van der Waals surface area contributed by atoms with E-state index in [2.05, 4.69) is 21.0 Å². The fourth-order valence-electron chi connectivity index (χ4n) is 1.27. The number of aromatic nitrogens is 2.